The predicted molar refractivity (Wildman–Crippen MR) is 74.3 cm³/mol. The van der Waals surface area contributed by atoms with E-state index >= 15 is 0 Å². The summed E-state index contributed by atoms with van der Waals surface area (Å²) in [6.45, 7) is 4.49. The van der Waals surface area contributed by atoms with Gasteiger partial charge in [0, 0.05) is 7.05 Å². The molecule has 1 heteroatoms. The minimum atomic E-state index is 1.21. The summed E-state index contributed by atoms with van der Waals surface area (Å²) in [5.74, 6) is 0. The van der Waals surface area contributed by atoms with Crippen LogP contribution in [0.3, 0.4) is 0 Å². The van der Waals surface area contributed by atoms with Crippen molar-refractivity contribution in [2.24, 2.45) is 0 Å². The number of hydrogen-bond acceptors (Lipinski definition) is 1. The number of rotatable bonds is 10. The van der Waals surface area contributed by atoms with Gasteiger partial charge in [-0.15, -0.1) is 0 Å². The van der Waals surface area contributed by atoms with E-state index in [2.05, 4.69) is 50.3 Å². The fourth-order valence-corrected chi connectivity index (χ4v) is 1.56. The average Bonchev–Trinajstić information content (AvgIpc) is 2.28. The SMILES string of the molecule is CCCCCC=CN(C)C=CCCCCC. The molecular formula is C15H29N. The molecule has 0 amide bonds. The van der Waals surface area contributed by atoms with E-state index in [1.54, 1.807) is 0 Å². The number of nitrogens with zero attached hydrogens (tertiary/aromatic N) is 1. The summed E-state index contributed by atoms with van der Waals surface area (Å²) in [5, 5.41) is 0. The molecular weight excluding hydrogens is 194 g/mol. The number of allylic oxidation sites excluding steroid dienone is 2. The molecule has 0 saturated carbocycles. The Labute approximate surface area is 102 Å². The Morgan fingerprint density at radius 2 is 1.19 bits per heavy atom. The molecule has 0 N–H and O–H groups in total. The Morgan fingerprint density at radius 1 is 0.750 bits per heavy atom. The van der Waals surface area contributed by atoms with Crippen LogP contribution in [0.15, 0.2) is 24.6 Å². The van der Waals surface area contributed by atoms with Gasteiger partial charge in [-0.25, -0.2) is 0 Å². The fraction of sp³-hybridized carbons (Fsp3) is 0.733. The lowest BCUT2D eigenvalue weighted by molar-refractivity contribution is 0.612. The van der Waals surface area contributed by atoms with Crippen molar-refractivity contribution in [1.29, 1.82) is 0 Å². The molecule has 0 heterocycles. The summed E-state index contributed by atoms with van der Waals surface area (Å²) in [4.78, 5) is 2.15. The van der Waals surface area contributed by atoms with E-state index in [0.29, 0.717) is 0 Å². The normalized spacial score (nSPS) is 11.7. The maximum Gasteiger partial charge on any atom is 0.0106 e. The minimum Gasteiger partial charge on any atom is -0.358 e. The smallest absolute Gasteiger partial charge is 0.0106 e. The van der Waals surface area contributed by atoms with Gasteiger partial charge in [0.25, 0.3) is 0 Å². The molecule has 0 aromatic carbocycles. The standard InChI is InChI=1S/C15H29N/c1-4-6-8-10-12-14-16(3)15-13-11-9-7-5-2/h12-15H,4-11H2,1-3H3. The van der Waals surface area contributed by atoms with Crippen molar-refractivity contribution < 1.29 is 0 Å². The largest absolute Gasteiger partial charge is 0.358 e. The molecule has 94 valence electrons. The molecule has 0 fully saturated rings. The van der Waals surface area contributed by atoms with Crippen molar-refractivity contribution in [2.45, 2.75) is 65.2 Å². The van der Waals surface area contributed by atoms with E-state index in [1.807, 2.05) is 0 Å². The molecule has 0 radical (unpaired) electrons. The van der Waals surface area contributed by atoms with Crippen molar-refractivity contribution in [3.63, 3.8) is 0 Å². The van der Waals surface area contributed by atoms with Crippen LogP contribution in [0.5, 0.6) is 0 Å². The topological polar surface area (TPSA) is 3.24 Å². The molecule has 0 saturated heterocycles. The van der Waals surface area contributed by atoms with E-state index in [0.717, 1.165) is 0 Å². The van der Waals surface area contributed by atoms with Crippen LogP contribution in [0.1, 0.15) is 65.2 Å². The maximum atomic E-state index is 2.27. The Bertz CT molecular complexity index is 162. The van der Waals surface area contributed by atoms with Crippen LogP contribution in [0.25, 0.3) is 0 Å². The predicted octanol–water partition coefficient (Wildman–Crippen LogP) is 5.11. The van der Waals surface area contributed by atoms with Gasteiger partial charge in [0.15, 0.2) is 0 Å². The summed E-state index contributed by atoms with van der Waals surface area (Å²) < 4.78 is 0. The number of hydrogen-bond donors (Lipinski definition) is 0. The van der Waals surface area contributed by atoms with Crippen LogP contribution in [0.2, 0.25) is 0 Å². The van der Waals surface area contributed by atoms with Crippen LogP contribution in [0, 0.1) is 0 Å². The second kappa shape index (κ2) is 12.4. The quantitative estimate of drug-likeness (QED) is 0.465. The minimum absolute atomic E-state index is 1.21. The molecule has 0 aliphatic rings. The Kier molecular flexibility index (Phi) is 11.8. The highest BCUT2D eigenvalue weighted by molar-refractivity contribution is 4.89. The van der Waals surface area contributed by atoms with Gasteiger partial charge >= 0.3 is 0 Å². The van der Waals surface area contributed by atoms with Crippen molar-refractivity contribution >= 4 is 0 Å². The van der Waals surface area contributed by atoms with E-state index in [9.17, 15) is 0 Å². The first-order valence-corrected chi connectivity index (χ1v) is 6.86. The van der Waals surface area contributed by atoms with Crippen LogP contribution in [-0.4, -0.2) is 11.9 Å². The first-order chi connectivity index (χ1) is 7.81. The van der Waals surface area contributed by atoms with Gasteiger partial charge < -0.3 is 4.90 Å². The fourth-order valence-electron chi connectivity index (χ4n) is 1.56. The molecule has 1 nitrogen and oxygen atoms in total. The second-order valence-corrected chi connectivity index (χ2v) is 4.43. The zero-order chi connectivity index (χ0) is 12.1. The van der Waals surface area contributed by atoms with Crippen LogP contribution < -0.4 is 0 Å². The molecule has 0 bridgehead atoms. The lowest BCUT2D eigenvalue weighted by Crippen LogP contribution is -1.99. The van der Waals surface area contributed by atoms with Crippen LogP contribution >= 0.6 is 0 Å². The molecule has 0 unspecified atom stereocenters. The van der Waals surface area contributed by atoms with E-state index < -0.39 is 0 Å². The van der Waals surface area contributed by atoms with Crippen molar-refractivity contribution in [3.8, 4) is 0 Å². The van der Waals surface area contributed by atoms with Gasteiger partial charge in [0.1, 0.15) is 0 Å². The van der Waals surface area contributed by atoms with Gasteiger partial charge in [-0.3, -0.25) is 0 Å². The summed E-state index contributed by atoms with van der Waals surface area (Å²) in [6.07, 6.45) is 19.3. The molecule has 0 aliphatic carbocycles. The Balaban J connectivity index is 3.44. The summed E-state index contributed by atoms with van der Waals surface area (Å²) in [5.41, 5.74) is 0. The highest BCUT2D eigenvalue weighted by Gasteiger charge is 1.85. The summed E-state index contributed by atoms with van der Waals surface area (Å²) >= 11 is 0. The average molecular weight is 223 g/mol. The third-order valence-electron chi connectivity index (χ3n) is 2.63. The second-order valence-electron chi connectivity index (χ2n) is 4.43. The lowest BCUT2D eigenvalue weighted by atomic mass is 10.2. The van der Waals surface area contributed by atoms with Gasteiger partial charge in [-0.1, -0.05) is 51.7 Å². The zero-order valence-corrected chi connectivity index (χ0v) is 11.4. The maximum absolute atomic E-state index is 2.27. The van der Waals surface area contributed by atoms with Gasteiger partial charge in [-0.2, -0.15) is 0 Å². The first-order valence-electron chi connectivity index (χ1n) is 6.86. The molecule has 0 aromatic heterocycles. The lowest BCUT2D eigenvalue weighted by Gasteiger charge is -2.06. The monoisotopic (exact) mass is 223 g/mol. The van der Waals surface area contributed by atoms with E-state index in [-0.39, 0.29) is 0 Å². The Hall–Kier alpha value is -0.720. The Morgan fingerprint density at radius 3 is 1.56 bits per heavy atom. The summed E-state index contributed by atoms with van der Waals surface area (Å²) in [6, 6.07) is 0. The van der Waals surface area contributed by atoms with Crippen LogP contribution in [0.4, 0.5) is 0 Å². The van der Waals surface area contributed by atoms with Gasteiger partial charge in [0.2, 0.25) is 0 Å². The summed E-state index contributed by atoms with van der Waals surface area (Å²) in [7, 11) is 2.10. The van der Waals surface area contributed by atoms with Crippen molar-refractivity contribution in [1.82, 2.24) is 4.90 Å². The molecule has 16 heavy (non-hydrogen) atoms. The highest BCUT2D eigenvalue weighted by atomic mass is 15.0. The van der Waals surface area contributed by atoms with Crippen LogP contribution in [-0.2, 0) is 0 Å². The molecule has 0 aliphatic heterocycles. The third kappa shape index (κ3) is 11.4. The van der Waals surface area contributed by atoms with E-state index in [4.69, 9.17) is 0 Å². The van der Waals surface area contributed by atoms with Crippen molar-refractivity contribution in [3.05, 3.63) is 24.6 Å². The first kappa shape index (κ1) is 15.3. The van der Waals surface area contributed by atoms with Gasteiger partial charge in [0.05, 0.1) is 0 Å². The molecule has 0 atom stereocenters. The molecule has 0 spiro atoms. The molecule has 0 rings (SSSR count). The zero-order valence-electron chi connectivity index (χ0n) is 11.4. The number of unbranched alkanes of at least 4 members (excludes halogenated alkanes) is 6. The van der Waals surface area contributed by atoms with Crippen molar-refractivity contribution in [2.75, 3.05) is 7.05 Å². The third-order valence-corrected chi connectivity index (χ3v) is 2.63. The molecule has 0 aromatic rings. The van der Waals surface area contributed by atoms with E-state index in [1.165, 1.54) is 51.4 Å². The highest BCUT2D eigenvalue weighted by Crippen LogP contribution is 2.02. The van der Waals surface area contributed by atoms with Gasteiger partial charge in [-0.05, 0) is 38.1 Å².